The second kappa shape index (κ2) is 15.1. The topological polar surface area (TPSA) is 28.4 Å². The van der Waals surface area contributed by atoms with Crippen molar-refractivity contribution in [3.05, 3.63) is 203 Å². The van der Waals surface area contributed by atoms with Gasteiger partial charge in [0.25, 0.3) is 0 Å². The van der Waals surface area contributed by atoms with E-state index in [-0.39, 0.29) is 16.2 Å². The van der Waals surface area contributed by atoms with Gasteiger partial charge in [0, 0.05) is 38.4 Å². The van der Waals surface area contributed by atoms with Crippen molar-refractivity contribution in [1.29, 1.82) is 0 Å². The van der Waals surface area contributed by atoms with Crippen molar-refractivity contribution in [2.45, 2.75) is 91.9 Å². The standard InChI is InChI=1S/C67H60N2O/c1-10-52-60-40(34-35-65(52,4)5)36-58(49-33-32-42-50(39(2)3)37-41(38-51(42)61(49)60)68-55-28-17-23-46-43-20-11-14-26-53(43)66(6,7)62(46)55)69(57-30-19-25-48-45-22-13-16-31-59(45)70-64(48)57)56-29-18-24-47-44-21-12-15-27-54(44)67(8,9)63(47)56/h10-33,36-39,68H,34-35H2,1-9H3/b52-10+. The minimum Gasteiger partial charge on any atom is -0.454 e. The molecule has 3 nitrogen and oxygen atoms in total. The van der Waals surface area contributed by atoms with Crippen LogP contribution in [0.25, 0.3) is 71.3 Å². The zero-order valence-electron chi connectivity index (χ0n) is 41.9. The molecule has 0 spiro atoms. The molecule has 3 aliphatic rings. The first-order valence-electron chi connectivity index (χ1n) is 25.5. The van der Waals surface area contributed by atoms with E-state index >= 15 is 0 Å². The molecule has 70 heavy (non-hydrogen) atoms. The van der Waals surface area contributed by atoms with Crippen LogP contribution in [-0.2, 0) is 17.3 Å². The minimum atomic E-state index is -0.262. The van der Waals surface area contributed by atoms with Gasteiger partial charge in [-0.25, -0.2) is 0 Å². The molecule has 10 aromatic rings. The summed E-state index contributed by atoms with van der Waals surface area (Å²) in [6.07, 6.45) is 4.45. The number of hydrogen-bond acceptors (Lipinski definition) is 3. The van der Waals surface area contributed by atoms with E-state index in [4.69, 9.17) is 4.42 Å². The smallest absolute Gasteiger partial charge is 0.159 e. The van der Waals surface area contributed by atoms with Gasteiger partial charge in [0.2, 0.25) is 0 Å². The summed E-state index contributed by atoms with van der Waals surface area (Å²) in [5.41, 5.74) is 23.3. The molecule has 3 aliphatic carbocycles. The Balaban J connectivity index is 1.14. The molecule has 0 fully saturated rings. The van der Waals surface area contributed by atoms with Gasteiger partial charge in [0.15, 0.2) is 5.58 Å². The Labute approximate surface area is 412 Å². The lowest BCUT2D eigenvalue weighted by Gasteiger charge is -2.38. The van der Waals surface area contributed by atoms with Crippen LogP contribution in [0.5, 0.6) is 0 Å². The Morgan fingerprint density at radius 1 is 0.557 bits per heavy atom. The van der Waals surface area contributed by atoms with Crippen LogP contribution in [0.3, 0.4) is 0 Å². The van der Waals surface area contributed by atoms with Gasteiger partial charge in [-0.2, -0.15) is 0 Å². The van der Waals surface area contributed by atoms with E-state index in [0.29, 0.717) is 5.92 Å². The maximum absolute atomic E-state index is 7.02. The van der Waals surface area contributed by atoms with Crippen molar-refractivity contribution in [3.63, 3.8) is 0 Å². The van der Waals surface area contributed by atoms with Crippen molar-refractivity contribution >= 4 is 77.5 Å². The molecule has 0 amide bonds. The number of para-hydroxylation sites is 2. The van der Waals surface area contributed by atoms with Crippen molar-refractivity contribution in [2.75, 3.05) is 10.2 Å². The number of nitrogens with zero attached hydrogens (tertiary/aromatic N) is 1. The molecular weight excluding hydrogens is 849 g/mol. The highest BCUT2D eigenvalue weighted by Crippen LogP contribution is 2.58. The lowest BCUT2D eigenvalue weighted by molar-refractivity contribution is 0.444. The summed E-state index contributed by atoms with van der Waals surface area (Å²) in [5, 5.41) is 11.5. The van der Waals surface area contributed by atoms with Crippen LogP contribution in [0.15, 0.2) is 168 Å². The second-order valence-corrected chi connectivity index (χ2v) is 22.3. The van der Waals surface area contributed by atoms with E-state index in [1.165, 1.54) is 99.7 Å². The van der Waals surface area contributed by atoms with Crippen LogP contribution in [0.1, 0.15) is 114 Å². The number of fused-ring (bicyclic) bond motifs is 14. The molecule has 0 atom stereocenters. The number of nitrogens with one attached hydrogen (secondary N) is 1. The molecule has 1 aromatic heterocycles. The fourth-order valence-corrected chi connectivity index (χ4v) is 13.5. The van der Waals surface area contributed by atoms with E-state index < -0.39 is 0 Å². The second-order valence-electron chi connectivity index (χ2n) is 22.3. The predicted octanol–water partition coefficient (Wildman–Crippen LogP) is 19.2. The van der Waals surface area contributed by atoms with Gasteiger partial charge in [0.1, 0.15) is 5.58 Å². The molecule has 344 valence electrons. The number of anilines is 5. The molecule has 0 saturated carbocycles. The van der Waals surface area contributed by atoms with Gasteiger partial charge in [-0.15, -0.1) is 0 Å². The van der Waals surface area contributed by atoms with Gasteiger partial charge < -0.3 is 14.6 Å². The lowest BCUT2D eigenvalue weighted by Crippen LogP contribution is -2.23. The zero-order chi connectivity index (χ0) is 48.0. The Kier molecular flexibility index (Phi) is 9.20. The van der Waals surface area contributed by atoms with Gasteiger partial charge >= 0.3 is 0 Å². The molecular formula is C67H60N2O. The van der Waals surface area contributed by atoms with Crippen LogP contribution >= 0.6 is 0 Å². The molecule has 1 N–H and O–H groups in total. The summed E-state index contributed by atoms with van der Waals surface area (Å²) in [6.45, 7) is 21.4. The third-order valence-corrected chi connectivity index (χ3v) is 16.8. The van der Waals surface area contributed by atoms with Crippen molar-refractivity contribution < 1.29 is 4.42 Å². The maximum Gasteiger partial charge on any atom is 0.159 e. The van der Waals surface area contributed by atoms with Gasteiger partial charge in [0.05, 0.1) is 17.1 Å². The monoisotopic (exact) mass is 908 g/mol. The Hall–Kier alpha value is -7.36. The number of rotatable bonds is 6. The number of allylic oxidation sites excluding steroid dienone is 2. The quantitative estimate of drug-likeness (QED) is 0.169. The summed E-state index contributed by atoms with van der Waals surface area (Å²) in [4.78, 5) is 2.58. The Morgan fingerprint density at radius 3 is 1.91 bits per heavy atom. The number of benzene rings is 9. The summed E-state index contributed by atoms with van der Waals surface area (Å²) in [7, 11) is 0. The molecule has 0 unspecified atom stereocenters. The fourth-order valence-electron chi connectivity index (χ4n) is 13.5. The van der Waals surface area contributed by atoms with E-state index in [1.54, 1.807) is 0 Å². The normalized spacial score (nSPS) is 16.5. The van der Waals surface area contributed by atoms with Gasteiger partial charge in [-0.05, 0) is 156 Å². The molecule has 3 heteroatoms. The lowest BCUT2D eigenvalue weighted by atomic mass is 9.68. The van der Waals surface area contributed by atoms with E-state index in [0.717, 1.165) is 51.8 Å². The average molecular weight is 909 g/mol. The van der Waals surface area contributed by atoms with E-state index in [2.05, 4.69) is 236 Å². The number of hydrogen-bond donors (Lipinski definition) is 1. The first-order valence-corrected chi connectivity index (χ1v) is 25.5. The first-order chi connectivity index (χ1) is 33.8. The van der Waals surface area contributed by atoms with Crippen molar-refractivity contribution in [2.24, 2.45) is 5.41 Å². The maximum atomic E-state index is 7.02. The Bertz CT molecular complexity index is 3890. The predicted molar refractivity (Wildman–Crippen MR) is 298 cm³/mol. The Morgan fingerprint density at radius 2 is 1.17 bits per heavy atom. The third kappa shape index (κ3) is 5.93. The van der Waals surface area contributed by atoms with Gasteiger partial charge in [-0.1, -0.05) is 177 Å². The molecule has 1 heterocycles. The molecule has 0 bridgehead atoms. The third-order valence-electron chi connectivity index (χ3n) is 16.8. The molecule has 0 aliphatic heterocycles. The van der Waals surface area contributed by atoms with Crippen molar-refractivity contribution in [1.82, 2.24) is 0 Å². The highest BCUT2D eigenvalue weighted by molar-refractivity contribution is 6.20. The van der Waals surface area contributed by atoms with E-state index in [9.17, 15) is 0 Å². The van der Waals surface area contributed by atoms with E-state index in [1.807, 2.05) is 0 Å². The van der Waals surface area contributed by atoms with Gasteiger partial charge in [-0.3, -0.25) is 0 Å². The summed E-state index contributed by atoms with van der Waals surface area (Å²) < 4.78 is 7.02. The van der Waals surface area contributed by atoms with Crippen LogP contribution in [-0.4, -0.2) is 0 Å². The van der Waals surface area contributed by atoms with Crippen LogP contribution in [0.4, 0.5) is 28.4 Å². The minimum absolute atomic E-state index is 0.00408. The molecule has 9 aromatic carbocycles. The SMILES string of the molecule is C/C=C1\c2c(cc(N(c3cccc4c3C(C)(C)c3ccccc3-4)c3cccc4c3oc3ccccc34)c3ccc4c(C(C)C)cc(Nc5cccc6c5C(C)(C)c5ccccc5-6)cc4c23)CCC1(C)C. The fraction of sp³-hybridized carbons (Fsp3) is 0.224. The summed E-state index contributed by atoms with van der Waals surface area (Å²) in [5.74, 6) is 0.290. The zero-order valence-corrected chi connectivity index (χ0v) is 41.9. The molecule has 0 radical (unpaired) electrons. The van der Waals surface area contributed by atoms with Crippen LogP contribution in [0.2, 0.25) is 0 Å². The summed E-state index contributed by atoms with van der Waals surface area (Å²) >= 11 is 0. The number of furan rings is 1. The largest absolute Gasteiger partial charge is 0.454 e. The van der Waals surface area contributed by atoms with Crippen LogP contribution < -0.4 is 10.2 Å². The number of aryl methyl sites for hydroxylation is 1. The highest BCUT2D eigenvalue weighted by atomic mass is 16.3. The highest BCUT2D eigenvalue weighted by Gasteiger charge is 2.41. The summed E-state index contributed by atoms with van der Waals surface area (Å²) in [6, 6.07) is 59.2. The van der Waals surface area contributed by atoms with Crippen molar-refractivity contribution in [3.8, 4) is 22.3 Å². The molecule has 13 rings (SSSR count). The van der Waals surface area contributed by atoms with Crippen LogP contribution in [0, 0.1) is 5.41 Å². The molecule has 0 saturated heterocycles. The first kappa shape index (κ1) is 42.7. The average Bonchev–Trinajstić information content (AvgIpc) is 3.94.